The van der Waals surface area contributed by atoms with E-state index in [2.05, 4.69) is 25.2 Å². The van der Waals surface area contributed by atoms with Crippen LogP contribution in [0.3, 0.4) is 0 Å². The van der Waals surface area contributed by atoms with Gasteiger partial charge in [-0.1, -0.05) is 17.3 Å². The topological polar surface area (TPSA) is 83.8 Å². The SMILES string of the molecule is O=C(Nc1cn[nH]c1-c1ccccc1F)c1ccon1. The molecular weight excluding hydrogens is 263 g/mol. The second-order valence-electron chi connectivity index (χ2n) is 3.98. The minimum absolute atomic E-state index is 0.130. The zero-order valence-electron chi connectivity index (χ0n) is 10.1. The number of H-pyrrole nitrogens is 1. The number of carbonyl (C=O) groups excluding carboxylic acids is 1. The molecule has 3 rings (SSSR count). The van der Waals surface area contributed by atoms with Crippen LogP contribution >= 0.6 is 0 Å². The lowest BCUT2D eigenvalue weighted by atomic mass is 10.1. The lowest BCUT2D eigenvalue weighted by Crippen LogP contribution is -2.12. The van der Waals surface area contributed by atoms with Crippen LogP contribution in [0.5, 0.6) is 0 Å². The first-order valence-corrected chi connectivity index (χ1v) is 5.75. The summed E-state index contributed by atoms with van der Waals surface area (Å²) in [6, 6.07) is 7.64. The molecule has 6 nitrogen and oxygen atoms in total. The number of hydrogen-bond donors (Lipinski definition) is 2. The highest BCUT2D eigenvalue weighted by Crippen LogP contribution is 2.27. The number of rotatable bonds is 3. The molecule has 7 heteroatoms. The van der Waals surface area contributed by atoms with Crippen molar-refractivity contribution in [2.75, 3.05) is 5.32 Å². The van der Waals surface area contributed by atoms with Crippen molar-refractivity contribution in [2.45, 2.75) is 0 Å². The van der Waals surface area contributed by atoms with Crippen LogP contribution in [-0.4, -0.2) is 21.3 Å². The average molecular weight is 272 g/mol. The van der Waals surface area contributed by atoms with Crippen molar-refractivity contribution in [3.05, 3.63) is 54.3 Å². The lowest BCUT2D eigenvalue weighted by Gasteiger charge is -2.05. The summed E-state index contributed by atoms with van der Waals surface area (Å²) < 4.78 is 18.4. The largest absolute Gasteiger partial charge is 0.364 e. The number of aromatic amines is 1. The van der Waals surface area contributed by atoms with E-state index in [9.17, 15) is 9.18 Å². The van der Waals surface area contributed by atoms with Crippen molar-refractivity contribution in [1.82, 2.24) is 15.4 Å². The van der Waals surface area contributed by atoms with Crippen LogP contribution in [0.1, 0.15) is 10.5 Å². The third-order valence-corrected chi connectivity index (χ3v) is 2.70. The molecule has 0 fully saturated rings. The van der Waals surface area contributed by atoms with E-state index >= 15 is 0 Å². The Kier molecular flexibility index (Phi) is 3.00. The molecule has 0 atom stereocenters. The van der Waals surface area contributed by atoms with Gasteiger partial charge in [0.05, 0.1) is 17.6 Å². The highest BCUT2D eigenvalue weighted by Gasteiger charge is 2.16. The van der Waals surface area contributed by atoms with Gasteiger partial charge < -0.3 is 9.84 Å². The Hall–Kier alpha value is -2.96. The molecule has 2 N–H and O–H groups in total. The summed E-state index contributed by atoms with van der Waals surface area (Å²) in [5.41, 5.74) is 1.20. The quantitative estimate of drug-likeness (QED) is 0.767. The van der Waals surface area contributed by atoms with E-state index in [4.69, 9.17) is 0 Å². The summed E-state index contributed by atoms with van der Waals surface area (Å²) >= 11 is 0. The summed E-state index contributed by atoms with van der Waals surface area (Å²) in [6.07, 6.45) is 2.70. The number of nitrogens with one attached hydrogen (secondary N) is 2. The van der Waals surface area contributed by atoms with Gasteiger partial charge in [0, 0.05) is 11.6 Å². The lowest BCUT2D eigenvalue weighted by molar-refractivity contribution is 0.101. The Morgan fingerprint density at radius 3 is 2.90 bits per heavy atom. The average Bonchev–Trinajstić information content (AvgIpc) is 3.10. The maximum Gasteiger partial charge on any atom is 0.277 e. The smallest absolute Gasteiger partial charge is 0.277 e. The van der Waals surface area contributed by atoms with E-state index in [1.807, 2.05) is 0 Å². The molecule has 0 spiro atoms. The number of nitrogens with zero attached hydrogens (tertiary/aromatic N) is 2. The highest BCUT2D eigenvalue weighted by atomic mass is 19.1. The van der Waals surface area contributed by atoms with Gasteiger partial charge in [-0.05, 0) is 12.1 Å². The molecule has 1 amide bonds. The van der Waals surface area contributed by atoms with Gasteiger partial charge in [-0.2, -0.15) is 5.10 Å². The summed E-state index contributed by atoms with van der Waals surface area (Å²) in [4.78, 5) is 11.9. The molecule has 0 saturated heterocycles. The van der Waals surface area contributed by atoms with Crippen LogP contribution in [-0.2, 0) is 0 Å². The predicted molar refractivity (Wildman–Crippen MR) is 68.4 cm³/mol. The van der Waals surface area contributed by atoms with Gasteiger partial charge >= 0.3 is 0 Å². The summed E-state index contributed by atoms with van der Waals surface area (Å²) in [5.74, 6) is -0.869. The van der Waals surface area contributed by atoms with Crippen LogP contribution in [0.4, 0.5) is 10.1 Å². The molecule has 0 aliphatic carbocycles. The maximum absolute atomic E-state index is 13.8. The molecule has 0 aliphatic heterocycles. The Balaban J connectivity index is 1.92. The first-order valence-electron chi connectivity index (χ1n) is 5.75. The summed E-state index contributed by atoms with van der Waals surface area (Å²) in [5, 5.41) is 12.6. The van der Waals surface area contributed by atoms with E-state index in [-0.39, 0.29) is 5.69 Å². The number of amides is 1. The molecule has 0 unspecified atom stereocenters. The standard InChI is InChI=1S/C13H9FN4O2/c14-9-4-2-1-3-8(9)12-11(7-15-17-12)16-13(19)10-5-6-20-18-10/h1-7H,(H,15,17)(H,16,19). The minimum Gasteiger partial charge on any atom is -0.364 e. The molecule has 0 aliphatic rings. The fourth-order valence-electron chi connectivity index (χ4n) is 1.77. The molecule has 3 aromatic rings. The number of carbonyl (C=O) groups is 1. The van der Waals surface area contributed by atoms with Crippen molar-refractivity contribution in [3.63, 3.8) is 0 Å². The molecule has 100 valence electrons. The number of aromatic nitrogens is 3. The molecule has 1 aromatic carbocycles. The first kappa shape index (κ1) is 12.1. The van der Waals surface area contributed by atoms with Gasteiger partial charge in [0.25, 0.3) is 5.91 Å². The Labute approximate surface area is 112 Å². The van der Waals surface area contributed by atoms with Gasteiger partial charge in [-0.3, -0.25) is 9.89 Å². The fraction of sp³-hybridized carbons (Fsp3) is 0. The Morgan fingerprint density at radius 1 is 1.30 bits per heavy atom. The van der Waals surface area contributed by atoms with Gasteiger partial charge in [0.2, 0.25) is 0 Å². The van der Waals surface area contributed by atoms with Crippen LogP contribution in [0.15, 0.2) is 47.3 Å². The van der Waals surface area contributed by atoms with Crippen molar-refractivity contribution in [3.8, 4) is 11.3 Å². The van der Waals surface area contributed by atoms with Crippen molar-refractivity contribution in [1.29, 1.82) is 0 Å². The van der Waals surface area contributed by atoms with Crippen LogP contribution in [0, 0.1) is 5.82 Å². The monoisotopic (exact) mass is 272 g/mol. The normalized spacial score (nSPS) is 10.4. The number of anilines is 1. The molecule has 0 radical (unpaired) electrons. The van der Waals surface area contributed by atoms with E-state index < -0.39 is 11.7 Å². The van der Waals surface area contributed by atoms with Gasteiger partial charge in [-0.25, -0.2) is 4.39 Å². The van der Waals surface area contributed by atoms with Crippen molar-refractivity contribution >= 4 is 11.6 Å². The second-order valence-corrected chi connectivity index (χ2v) is 3.98. The van der Waals surface area contributed by atoms with Crippen LogP contribution in [0.25, 0.3) is 11.3 Å². The Bertz CT molecular complexity index is 736. The number of hydrogen-bond acceptors (Lipinski definition) is 4. The molecule has 0 bridgehead atoms. The van der Waals surface area contributed by atoms with E-state index in [1.165, 1.54) is 24.6 Å². The number of halogens is 1. The van der Waals surface area contributed by atoms with Gasteiger partial charge in [0.15, 0.2) is 5.69 Å². The fourth-order valence-corrected chi connectivity index (χ4v) is 1.77. The molecule has 2 aromatic heterocycles. The van der Waals surface area contributed by atoms with E-state index in [1.54, 1.807) is 18.2 Å². The van der Waals surface area contributed by atoms with Crippen LogP contribution < -0.4 is 5.32 Å². The maximum atomic E-state index is 13.8. The summed E-state index contributed by atoms with van der Waals surface area (Å²) in [7, 11) is 0. The van der Waals surface area contributed by atoms with E-state index in [0.29, 0.717) is 16.9 Å². The van der Waals surface area contributed by atoms with Crippen molar-refractivity contribution < 1.29 is 13.7 Å². The Morgan fingerprint density at radius 2 is 2.15 bits per heavy atom. The van der Waals surface area contributed by atoms with Gasteiger partial charge in [-0.15, -0.1) is 0 Å². The minimum atomic E-state index is -0.460. The second kappa shape index (κ2) is 4.96. The summed E-state index contributed by atoms with van der Waals surface area (Å²) in [6.45, 7) is 0. The van der Waals surface area contributed by atoms with Gasteiger partial charge in [0.1, 0.15) is 12.1 Å². The highest BCUT2D eigenvalue weighted by molar-refractivity contribution is 6.04. The zero-order chi connectivity index (χ0) is 13.9. The molecule has 2 heterocycles. The van der Waals surface area contributed by atoms with Crippen molar-refractivity contribution in [2.24, 2.45) is 0 Å². The molecular formula is C13H9FN4O2. The van der Waals surface area contributed by atoms with Crippen LogP contribution in [0.2, 0.25) is 0 Å². The predicted octanol–water partition coefficient (Wildman–Crippen LogP) is 2.46. The van der Waals surface area contributed by atoms with E-state index in [0.717, 1.165) is 0 Å². The third kappa shape index (κ3) is 2.16. The first-order chi connectivity index (χ1) is 9.75. The molecule has 0 saturated carbocycles. The third-order valence-electron chi connectivity index (χ3n) is 2.70. The molecule has 20 heavy (non-hydrogen) atoms. The number of benzene rings is 1. The zero-order valence-corrected chi connectivity index (χ0v) is 10.1.